The summed E-state index contributed by atoms with van der Waals surface area (Å²) in [5, 5.41) is 2.90. The first-order chi connectivity index (χ1) is 7.16. The second kappa shape index (κ2) is 4.39. The van der Waals surface area contributed by atoms with Crippen molar-refractivity contribution < 1.29 is 14.3 Å². The normalized spacial score (nSPS) is 30.6. The Morgan fingerprint density at radius 1 is 1.40 bits per heavy atom. The van der Waals surface area contributed by atoms with E-state index in [2.05, 4.69) is 5.32 Å². The number of nitrogens with one attached hydrogen (secondary N) is 1. The Morgan fingerprint density at radius 3 is 2.73 bits per heavy atom. The highest BCUT2D eigenvalue weighted by molar-refractivity contribution is 5.67. The van der Waals surface area contributed by atoms with Gasteiger partial charge in [0.05, 0.1) is 18.2 Å². The first-order valence-electron chi connectivity index (χ1n) is 5.75. The first-order valence-corrected chi connectivity index (χ1v) is 5.75. The van der Waals surface area contributed by atoms with E-state index in [-0.39, 0.29) is 24.3 Å². The lowest BCUT2D eigenvalue weighted by Crippen LogP contribution is -2.42. The van der Waals surface area contributed by atoms with Gasteiger partial charge < -0.3 is 14.8 Å². The lowest BCUT2D eigenvalue weighted by atomic mass is 10.1. The molecule has 0 aromatic heterocycles. The van der Waals surface area contributed by atoms with Crippen LogP contribution in [0.25, 0.3) is 0 Å². The van der Waals surface area contributed by atoms with Crippen LogP contribution in [0.15, 0.2) is 0 Å². The third-order valence-corrected chi connectivity index (χ3v) is 2.87. The van der Waals surface area contributed by atoms with Crippen LogP contribution in [0.3, 0.4) is 0 Å². The molecule has 2 fully saturated rings. The van der Waals surface area contributed by atoms with Gasteiger partial charge in [0, 0.05) is 6.61 Å². The molecule has 0 aromatic rings. The third kappa shape index (κ3) is 2.84. The monoisotopic (exact) mass is 213 g/mol. The molecule has 1 aliphatic carbocycles. The molecule has 2 unspecified atom stereocenters. The summed E-state index contributed by atoms with van der Waals surface area (Å²) in [6.07, 6.45) is 3.24. The molecule has 2 atom stereocenters. The molecule has 1 saturated carbocycles. The molecular formula is C11H19NO3. The maximum atomic E-state index is 11.4. The van der Waals surface area contributed by atoms with Crippen LogP contribution in [-0.4, -0.2) is 30.9 Å². The Bertz CT molecular complexity index is 238. The Morgan fingerprint density at radius 2 is 2.13 bits per heavy atom. The Labute approximate surface area is 90.3 Å². The number of hydrogen-bond donors (Lipinski definition) is 1. The van der Waals surface area contributed by atoms with Gasteiger partial charge in [0.25, 0.3) is 0 Å². The fraction of sp³-hybridized carbons (Fsp3) is 0.909. The number of ether oxygens (including phenoxy) is 2. The van der Waals surface area contributed by atoms with E-state index in [1.54, 1.807) is 0 Å². The van der Waals surface area contributed by atoms with E-state index in [0.717, 1.165) is 13.0 Å². The van der Waals surface area contributed by atoms with Crippen molar-refractivity contribution in [3.63, 3.8) is 0 Å². The van der Waals surface area contributed by atoms with Gasteiger partial charge in [0.1, 0.15) is 0 Å². The van der Waals surface area contributed by atoms with Crippen LogP contribution in [-0.2, 0) is 9.47 Å². The van der Waals surface area contributed by atoms with Gasteiger partial charge in [-0.1, -0.05) is 0 Å². The molecule has 2 aliphatic rings. The van der Waals surface area contributed by atoms with Crippen LogP contribution >= 0.6 is 0 Å². The molecule has 0 aromatic carbocycles. The summed E-state index contributed by atoms with van der Waals surface area (Å²) in [5.41, 5.74) is 0. The maximum Gasteiger partial charge on any atom is 0.407 e. The highest BCUT2D eigenvalue weighted by atomic mass is 16.6. The number of carbonyl (C=O) groups is 1. The zero-order valence-electron chi connectivity index (χ0n) is 9.36. The fourth-order valence-corrected chi connectivity index (χ4v) is 2.05. The SMILES string of the molecule is CC(C)OC(=O)NC1CCOC1C1CC1. The van der Waals surface area contributed by atoms with Crippen LogP contribution in [0.1, 0.15) is 33.1 Å². The van der Waals surface area contributed by atoms with Crippen molar-refractivity contribution in [1.82, 2.24) is 5.32 Å². The zero-order chi connectivity index (χ0) is 10.8. The van der Waals surface area contributed by atoms with Crippen LogP contribution in [0.4, 0.5) is 4.79 Å². The number of hydrogen-bond acceptors (Lipinski definition) is 3. The molecule has 0 bridgehead atoms. The minimum atomic E-state index is -0.314. The molecule has 0 radical (unpaired) electrons. The van der Waals surface area contributed by atoms with Gasteiger partial charge in [-0.25, -0.2) is 4.79 Å². The van der Waals surface area contributed by atoms with Crippen molar-refractivity contribution in [2.45, 2.75) is 51.4 Å². The summed E-state index contributed by atoms with van der Waals surface area (Å²) >= 11 is 0. The second-order valence-corrected chi connectivity index (χ2v) is 4.67. The third-order valence-electron chi connectivity index (χ3n) is 2.87. The molecular weight excluding hydrogens is 194 g/mol. The van der Waals surface area contributed by atoms with Crippen LogP contribution in [0, 0.1) is 5.92 Å². The van der Waals surface area contributed by atoms with Gasteiger partial charge in [0.15, 0.2) is 0 Å². The standard InChI is InChI=1S/C11H19NO3/c1-7(2)15-11(13)12-9-5-6-14-10(9)8-3-4-8/h7-10H,3-6H2,1-2H3,(H,12,13). The molecule has 1 heterocycles. The van der Waals surface area contributed by atoms with Gasteiger partial charge in [-0.15, -0.1) is 0 Å². The number of alkyl carbamates (subject to hydrolysis) is 1. The van der Waals surface area contributed by atoms with Gasteiger partial charge >= 0.3 is 6.09 Å². The van der Waals surface area contributed by atoms with Crippen molar-refractivity contribution >= 4 is 6.09 Å². The van der Waals surface area contributed by atoms with E-state index in [1.165, 1.54) is 12.8 Å². The largest absolute Gasteiger partial charge is 0.447 e. The van der Waals surface area contributed by atoms with E-state index in [9.17, 15) is 4.79 Å². The highest BCUT2D eigenvalue weighted by Gasteiger charge is 2.41. The van der Waals surface area contributed by atoms with Crippen molar-refractivity contribution in [3.05, 3.63) is 0 Å². The minimum Gasteiger partial charge on any atom is -0.447 e. The molecule has 1 saturated heterocycles. The minimum absolute atomic E-state index is 0.0632. The average molecular weight is 213 g/mol. The summed E-state index contributed by atoms with van der Waals surface area (Å²) in [4.78, 5) is 11.4. The van der Waals surface area contributed by atoms with Crippen molar-refractivity contribution in [2.24, 2.45) is 5.92 Å². The predicted octanol–water partition coefficient (Wildman–Crippen LogP) is 1.69. The zero-order valence-corrected chi connectivity index (χ0v) is 9.36. The van der Waals surface area contributed by atoms with E-state index in [4.69, 9.17) is 9.47 Å². The molecule has 86 valence electrons. The van der Waals surface area contributed by atoms with Gasteiger partial charge in [-0.05, 0) is 39.0 Å². The lowest BCUT2D eigenvalue weighted by molar-refractivity contribution is 0.0728. The van der Waals surface area contributed by atoms with Crippen molar-refractivity contribution in [3.8, 4) is 0 Å². The van der Waals surface area contributed by atoms with Gasteiger partial charge in [0.2, 0.25) is 0 Å². The lowest BCUT2D eigenvalue weighted by Gasteiger charge is -2.19. The first kappa shape index (κ1) is 10.7. The molecule has 1 aliphatic heterocycles. The number of rotatable bonds is 3. The Kier molecular flexibility index (Phi) is 3.14. The Hall–Kier alpha value is -0.770. The van der Waals surface area contributed by atoms with Crippen LogP contribution in [0.5, 0.6) is 0 Å². The molecule has 1 N–H and O–H groups in total. The van der Waals surface area contributed by atoms with Crippen molar-refractivity contribution in [1.29, 1.82) is 0 Å². The van der Waals surface area contributed by atoms with Crippen LogP contribution in [0.2, 0.25) is 0 Å². The van der Waals surface area contributed by atoms with Crippen LogP contribution < -0.4 is 5.32 Å². The summed E-state index contributed by atoms with van der Waals surface area (Å²) < 4.78 is 10.7. The van der Waals surface area contributed by atoms with E-state index in [1.807, 2.05) is 13.8 Å². The fourth-order valence-electron chi connectivity index (χ4n) is 2.05. The molecule has 4 nitrogen and oxygen atoms in total. The average Bonchev–Trinajstić information content (AvgIpc) is 2.87. The smallest absolute Gasteiger partial charge is 0.407 e. The number of carbonyl (C=O) groups excluding carboxylic acids is 1. The molecule has 2 rings (SSSR count). The van der Waals surface area contributed by atoms with E-state index >= 15 is 0 Å². The topological polar surface area (TPSA) is 47.6 Å². The number of amides is 1. The second-order valence-electron chi connectivity index (χ2n) is 4.67. The van der Waals surface area contributed by atoms with Gasteiger partial charge in [-0.3, -0.25) is 0 Å². The quantitative estimate of drug-likeness (QED) is 0.776. The maximum absolute atomic E-state index is 11.4. The Balaban J connectivity index is 1.79. The molecule has 0 spiro atoms. The molecule has 1 amide bonds. The predicted molar refractivity (Wildman–Crippen MR) is 55.6 cm³/mol. The highest BCUT2D eigenvalue weighted by Crippen LogP contribution is 2.38. The molecule has 4 heteroatoms. The summed E-state index contributed by atoms with van der Waals surface area (Å²) in [6.45, 7) is 4.46. The summed E-state index contributed by atoms with van der Waals surface area (Å²) in [7, 11) is 0. The summed E-state index contributed by atoms with van der Waals surface area (Å²) in [6, 6.07) is 0.156. The van der Waals surface area contributed by atoms with Gasteiger partial charge in [-0.2, -0.15) is 0 Å². The summed E-state index contributed by atoms with van der Waals surface area (Å²) in [5.74, 6) is 0.664. The van der Waals surface area contributed by atoms with E-state index < -0.39 is 0 Å². The van der Waals surface area contributed by atoms with Crippen molar-refractivity contribution in [2.75, 3.05) is 6.61 Å². The van der Waals surface area contributed by atoms with E-state index in [0.29, 0.717) is 5.92 Å². The molecule has 15 heavy (non-hydrogen) atoms.